The average molecular weight is 478 g/mol. The van der Waals surface area contributed by atoms with E-state index in [9.17, 15) is 18.4 Å². The maximum absolute atomic E-state index is 13.0. The van der Waals surface area contributed by atoms with Crippen molar-refractivity contribution in [2.75, 3.05) is 14.2 Å². The standard InChI is InChI=1S/C10H9FN2O3.C9H6FNO2.CH3.ClH.Mg/c1-13(15-2)10(14)9-7-5-6(11)3-4-8(7)16-12-9;1-5(12)9-7-4-6(10)2-3-8(7)13-11-9;;;/h3-5H,1-2H3;2-4H,1H3;1H3;1H;/q;;-1;;+2/p-1. The molecule has 166 valence electrons. The number of hydrogen-bond acceptors (Lipinski definition) is 7. The van der Waals surface area contributed by atoms with Crippen LogP contribution in [0.4, 0.5) is 8.78 Å². The molecule has 12 heteroatoms. The smallest absolute Gasteiger partial charge is 1.00 e. The average Bonchev–Trinajstić information content (AvgIpc) is 3.30. The Balaban J connectivity index is 0.000000558. The predicted molar refractivity (Wildman–Crippen MR) is 109 cm³/mol. The van der Waals surface area contributed by atoms with Crippen LogP contribution in [0.1, 0.15) is 27.9 Å². The Kier molecular flexibility index (Phi) is 11.4. The van der Waals surface area contributed by atoms with Gasteiger partial charge in [-0.15, -0.1) is 0 Å². The van der Waals surface area contributed by atoms with Crippen LogP contribution < -0.4 is 12.4 Å². The molecule has 2 aromatic carbocycles. The fraction of sp³-hybridized carbons (Fsp3) is 0.150. The van der Waals surface area contributed by atoms with Crippen LogP contribution in [-0.2, 0) is 4.84 Å². The summed E-state index contributed by atoms with van der Waals surface area (Å²) in [5.74, 6) is -1.58. The van der Waals surface area contributed by atoms with Crippen molar-refractivity contribution in [2.45, 2.75) is 6.92 Å². The van der Waals surface area contributed by atoms with Gasteiger partial charge in [-0.05, 0) is 36.4 Å². The molecule has 0 aliphatic rings. The van der Waals surface area contributed by atoms with Gasteiger partial charge in [-0.2, -0.15) is 0 Å². The molecule has 0 saturated heterocycles. The number of fused-ring (bicyclic) bond motifs is 2. The number of aromatic nitrogens is 2. The monoisotopic (exact) mass is 477 g/mol. The number of amides is 1. The molecular weight excluding hydrogens is 460 g/mol. The number of carbonyl (C=O) groups is 2. The van der Waals surface area contributed by atoms with Gasteiger partial charge in [0, 0.05) is 14.0 Å². The fourth-order valence-electron chi connectivity index (χ4n) is 2.46. The zero-order valence-electron chi connectivity index (χ0n) is 17.7. The van der Waals surface area contributed by atoms with E-state index in [0.717, 1.165) is 5.06 Å². The van der Waals surface area contributed by atoms with Gasteiger partial charge in [0.1, 0.15) is 11.6 Å². The molecule has 1 amide bonds. The van der Waals surface area contributed by atoms with Crippen LogP contribution in [0.25, 0.3) is 21.9 Å². The first-order valence-electron chi connectivity index (χ1n) is 8.24. The number of hydroxylamine groups is 2. The topological polar surface area (TPSA) is 98.7 Å². The predicted octanol–water partition coefficient (Wildman–Crippen LogP) is 0.843. The van der Waals surface area contributed by atoms with E-state index < -0.39 is 17.5 Å². The van der Waals surface area contributed by atoms with Gasteiger partial charge in [-0.3, -0.25) is 14.4 Å². The normalized spacial score (nSPS) is 9.66. The molecule has 0 fully saturated rings. The number of rotatable bonds is 3. The number of benzene rings is 2. The molecule has 2 aromatic heterocycles. The molecule has 0 N–H and O–H groups in total. The molecule has 4 aromatic rings. The first-order valence-corrected chi connectivity index (χ1v) is 8.24. The van der Waals surface area contributed by atoms with Crippen molar-refractivity contribution in [3.05, 3.63) is 66.8 Å². The maximum atomic E-state index is 13.0. The molecule has 0 atom stereocenters. The molecule has 2 heterocycles. The quantitative estimate of drug-likeness (QED) is 0.186. The number of nitrogens with zero attached hydrogens (tertiary/aromatic N) is 3. The van der Waals surface area contributed by atoms with E-state index in [0.29, 0.717) is 21.9 Å². The molecule has 0 bridgehead atoms. The van der Waals surface area contributed by atoms with Crippen molar-refractivity contribution in [3.8, 4) is 0 Å². The Morgan fingerprint density at radius 2 is 1.38 bits per heavy atom. The van der Waals surface area contributed by atoms with Gasteiger partial charge in [-0.1, -0.05) is 10.3 Å². The van der Waals surface area contributed by atoms with Crippen molar-refractivity contribution in [3.63, 3.8) is 0 Å². The van der Waals surface area contributed by atoms with Crippen molar-refractivity contribution < 1.29 is 44.7 Å². The molecule has 0 radical (unpaired) electrons. The van der Waals surface area contributed by atoms with Crippen LogP contribution in [0.5, 0.6) is 0 Å². The van der Waals surface area contributed by atoms with Gasteiger partial charge >= 0.3 is 23.1 Å². The second kappa shape index (κ2) is 12.4. The van der Waals surface area contributed by atoms with Crippen molar-refractivity contribution in [1.29, 1.82) is 0 Å². The summed E-state index contributed by atoms with van der Waals surface area (Å²) >= 11 is 0. The van der Waals surface area contributed by atoms with Crippen LogP contribution in [0, 0.1) is 19.1 Å². The molecule has 8 nitrogen and oxygen atoms in total. The first kappa shape index (κ1) is 29.4. The van der Waals surface area contributed by atoms with E-state index in [1.807, 2.05) is 0 Å². The van der Waals surface area contributed by atoms with Crippen molar-refractivity contribution in [2.24, 2.45) is 0 Å². The van der Waals surface area contributed by atoms with Crippen molar-refractivity contribution >= 4 is 56.7 Å². The summed E-state index contributed by atoms with van der Waals surface area (Å²) in [7, 11) is 2.78. The largest absolute Gasteiger partial charge is 2.00 e. The summed E-state index contributed by atoms with van der Waals surface area (Å²) in [6.07, 6.45) is 0. The first-order chi connectivity index (χ1) is 13.8. The summed E-state index contributed by atoms with van der Waals surface area (Å²) in [6, 6.07) is 7.80. The van der Waals surface area contributed by atoms with Crippen LogP contribution in [-0.4, -0.2) is 64.3 Å². The van der Waals surface area contributed by atoms with E-state index in [2.05, 4.69) is 10.3 Å². The van der Waals surface area contributed by atoms with E-state index >= 15 is 0 Å². The summed E-state index contributed by atoms with van der Waals surface area (Å²) in [5.41, 5.74) is 0.981. The Morgan fingerprint density at radius 1 is 0.938 bits per heavy atom. The second-order valence-corrected chi connectivity index (χ2v) is 5.88. The second-order valence-electron chi connectivity index (χ2n) is 5.88. The maximum Gasteiger partial charge on any atom is 2.00 e. The van der Waals surface area contributed by atoms with Crippen molar-refractivity contribution in [1.82, 2.24) is 15.4 Å². The van der Waals surface area contributed by atoms with Crippen LogP contribution >= 0.6 is 0 Å². The molecule has 0 aliphatic carbocycles. The Labute approximate surface area is 204 Å². The molecule has 0 aliphatic heterocycles. The molecule has 0 unspecified atom stereocenters. The Morgan fingerprint density at radius 3 is 1.81 bits per heavy atom. The third kappa shape index (κ3) is 6.22. The summed E-state index contributed by atoms with van der Waals surface area (Å²) in [4.78, 5) is 27.4. The summed E-state index contributed by atoms with van der Waals surface area (Å²) < 4.78 is 35.5. The third-order valence-electron chi connectivity index (χ3n) is 3.96. The van der Waals surface area contributed by atoms with E-state index in [-0.39, 0.29) is 60.1 Å². The van der Waals surface area contributed by atoms with Gasteiger partial charge in [0.25, 0.3) is 5.91 Å². The fourth-order valence-corrected chi connectivity index (χ4v) is 2.46. The SMILES string of the molecule is CC(=O)c1noc2ccc(F)cc12.CON(C)C(=O)c1noc2ccc(F)cc12.[CH3-].[Cl-].[Mg+2]. The summed E-state index contributed by atoms with van der Waals surface area (Å²) in [6.45, 7) is 1.36. The third-order valence-corrected chi connectivity index (χ3v) is 3.96. The number of ketones is 1. The van der Waals surface area contributed by atoms with Gasteiger partial charge in [0.15, 0.2) is 28.3 Å². The number of Topliss-reactive ketones (excluding diaryl/α,β-unsaturated/α-hetero) is 1. The molecule has 0 spiro atoms. The Hall–Kier alpha value is -2.60. The van der Waals surface area contributed by atoms with E-state index in [1.54, 1.807) is 0 Å². The van der Waals surface area contributed by atoms with Gasteiger partial charge in [0.05, 0.1) is 17.9 Å². The van der Waals surface area contributed by atoms with Gasteiger partial charge in [0.2, 0.25) is 0 Å². The Bertz CT molecular complexity index is 1210. The van der Waals surface area contributed by atoms with Crippen LogP contribution in [0.2, 0.25) is 0 Å². The van der Waals surface area contributed by atoms with Gasteiger partial charge in [-0.25, -0.2) is 13.8 Å². The zero-order chi connectivity index (χ0) is 21.1. The zero-order valence-corrected chi connectivity index (χ0v) is 19.9. The molecule has 0 saturated carbocycles. The molecular formula is C20H18ClF2MgN3O5. The minimum absolute atomic E-state index is 0. The van der Waals surface area contributed by atoms with E-state index in [1.165, 1.54) is 57.5 Å². The number of carbonyl (C=O) groups excluding carboxylic acids is 2. The van der Waals surface area contributed by atoms with Gasteiger partial charge < -0.3 is 28.9 Å². The number of halogens is 3. The minimum atomic E-state index is -0.494. The summed E-state index contributed by atoms with van der Waals surface area (Å²) in [5, 5.41) is 8.88. The van der Waals surface area contributed by atoms with E-state index in [4.69, 9.17) is 13.9 Å². The van der Waals surface area contributed by atoms with Crippen LogP contribution in [0.3, 0.4) is 0 Å². The number of hydrogen-bond donors (Lipinski definition) is 0. The molecule has 32 heavy (non-hydrogen) atoms. The molecule has 4 rings (SSSR count). The van der Waals surface area contributed by atoms with Crippen LogP contribution in [0.15, 0.2) is 45.4 Å². The minimum Gasteiger partial charge on any atom is -1.00 e.